The summed E-state index contributed by atoms with van der Waals surface area (Å²) in [7, 11) is -7.05. The minimum absolute atomic E-state index is 0.728. The van der Waals surface area contributed by atoms with Gasteiger partial charge in [-0.3, -0.25) is 0 Å². The van der Waals surface area contributed by atoms with E-state index in [2.05, 4.69) is 93.7 Å². The lowest BCUT2D eigenvalue weighted by molar-refractivity contribution is 0.591. The monoisotopic (exact) mass is 906 g/mol. The third-order valence-electron chi connectivity index (χ3n) is 9.37. The van der Waals surface area contributed by atoms with Crippen molar-refractivity contribution in [1.82, 2.24) is 0 Å². The molecule has 8 rings (SSSR count). The van der Waals surface area contributed by atoms with Crippen LogP contribution in [0.2, 0.25) is 0 Å². The molecule has 8 aromatic carbocycles. The van der Waals surface area contributed by atoms with E-state index in [1.807, 2.05) is 133 Å². The van der Waals surface area contributed by atoms with Gasteiger partial charge < -0.3 is 9.13 Å². The number of hydrogen-bond acceptors (Lipinski definition) is 2. The van der Waals surface area contributed by atoms with Crippen molar-refractivity contribution >= 4 is 113 Å². The summed E-state index contributed by atoms with van der Waals surface area (Å²) < 4.78 is 34.9. The zero-order valence-electron chi connectivity index (χ0n) is 26.8. The van der Waals surface area contributed by atoms with Gasteiger partial charge in [-0.1, -0.05) is 146 Å². The summed E-state index contributed by atoms with van der Waals surface area (Å²) in [6, 6.07) is 60.5. The molecule has 0 N–H and O–H groups in total. The highest BCUT2D eigenvalue weighted by atomic mass is 127. The molecule has 0 spiro atoms. The van der Waals surface area contributed by atoms with Gasteiger partial charge in [0.15, 0.2) is 14.3 Å². The van der Waals surface area contributed by atoms with Crippen LogP contribution in [0.15, 0.2) is 182 Å². The van der Waals surface area contributed by atoms with E-state index in [4.69, 9.17) is 0 Å². The number of benzene rings is 8. The van der Waals surface area contributed by atoms with Crippen LogP contribution in [-0.2, 0) is 9.13 Å². The molecule has 0 heterocycles. The van der Waals surface area contributed by atoms with Gasteiger partial charge in [0.25, 0.3) is 0 Å². The molecule has 8 aromatic rings. The molecule has 0 saturated carbocycles. The van der Waals surface area contributed by atoms with Crippen LogP contribution in [0.1, 0.15) is 0 Å². The molecule has 0 bridgehead atoms. The van der Waals surface area contributed by atoms with Crippen LogP contribution in [0.3, 0.4) is 0 Å². The highest BCUT2D eigenvalue weighted by Crippen LogP contribution is 2.52. The summed E-state index contributed by atoms with van der Waals surface area (Å²) in [4.78, 5) is 0. The molecule has 0 aliphatic heterocycles. The summed E-state index contributed by atoms with van der Waals surface area (Å²) in [5.74, 6) is 0. The fourth-order valence-corrected chi connectivity index (χ4v) is 15.7. The quantitative estimate of drug-likeness (QED) is 0.118. The first-order valence-corrected chi connectivity index (χ1v) is 21.9. The molecule has 0 amide bonds. The van der Waals surface area contributed by atoms with E-state index >= 15 is 9.13 Å². The van der Waals surface area contributed by atoms with Gasteiger partial charge in [0.1, 0.15) is 0 Å². The Morgan fingerprint density at radius 1 is 0.320 bits per heavy atom. The van der Waals surface area contributed by atoms with Crippen LogP contribution in [0.25, 0.3) is 32.7 Å². The molecule has 6 heteroatoms. The Kier molecular flexibility index (Phi) is 9.16. The van der Waals surface area contributed by atoms with Crippen LogP contribution in [-0.4, -0.2) is 0 Å². The van der Waals surface area contributed by atoms with Crippen molar-refractivity contribution < 1.29 is 9.13 Å². The Balaban J connectivity index is 1.61. The highest BCUT2D eigenvalue weighted by Gasteiger charge is 2.39. The summed E-state index contributed by atoms with van der Waals surface area (Å²) in [6.07, 6.45) is 0. The van der Waals surface area contributed by atoms with Gasteiger partial charge in [-0.2, -0.15) is 0 Å². The van der Waals surface area contributed by atoms with E-state index in [0.717, 1.165) is 71.6 Å². The second kappa shape index (κ2) is 13.7. The van der Waals surface area contributed by atoms with Gasteiger partial charge >= 0.3 is 0 Å². The average Bonchev–Trinajstić information content (AvgIpc) is 3.17. The smallest absolute Gasteiger partial charge is 0.172 e. The van der Waals surface area contributed by atoms with Crippen LogP contribution in [0.5, 0.6) is 0 Å². The van der Waals surface area contributed by atoms with Crippen molar-refractivity contribution in [3.8, 4) is 11.1 Å². The number of halogens is 2. The Hall–Kier alpha value is -3.80. The Morgan fingerprint density at radius 3 is 1.06 bits per heavy atom. The second-order valence-electron chi connectivity index (χ2n) is 12.2. The average molecular weight is 906 g/mol. The Labute approximate surface area is 319 Å². The second-order valence-corrected chi connectivity index (χ2v) is 19.9. The van der Waals surface area contributed by atoms with Crippen LogP contribution < -0.4 is 31.8 Å². The molecule has 242 valence electrons. The minimum atomic E-state index is -3.52. The molecule has 0 fully saturated rings. The molecule has 2 unspecified atom stereocenters. The zero-order valence-corrected chi connectivity index (χ0v) is 32.9. The standard InChI is InChI=1S/C44H30I2O2P2/c45-37-23-11-13-25-39(37)49(47,33-17-3-1-4-18-33)41-29-27-31-15-7-9-21-35(31)43(41)44-36-22-10-8-16-32(36)28-30-42(44)50(48,34-19-5-2-6-20-34)40-26-14-12-24-38(40)46/h1-30H. The maximum absolute atomic E-state index is 16.5. The fraction of sp³-hybridized carbons (Fsp3) is 0. The van der Waals surface area contributed by atoms with E-state index in [9.17, 15) is 0 Å². The van der Waals surface area contributed by atoms with Crippen molar-refractivity contribution in [2.24, 2.45) is 0 Å². The van der Waals surface area contributed by atoms with E-state index in [-0.39, 0.29) is 0 Å². The van der Waals surface area contributed by atoms with E-state index < -0.39 is 14.3 Å². The maximum atomic E-state index is 16.5. The van der Waals surface area contributed by atoms with Gasteiger partial charge in [0.2, 0.25) is 0 Å². The Morgan fingerprint density at radius 2 is 0.660 bits per heavy atom. The lowest BCUT2D eigenvalue weighted by Crippen LogP contribution is -2.31. The summed E-state index contributed by atoms with van der Waals surface area (Å²) in [5.41, 5.74) is 1.70. The van der Waals surface area contributed by atoms with Crippen LogP contribution >= 0.6 is 59.5 Å². The third kappa shape index (κ3) is 5.52. The van der Waals surface area contributed by atoms with E-state index in [1.165, 1.54) is 0 Å². The summed E-state index contributed by atoms with van der Waals surface area (Å²) in [6.45, 7) is 0. The van der Waals surface area contributed by atoms with Crippen molar-refractivity contribution in [2.45, 2.75) is 0 Å². The molecule has 2 nitrogen and oxygen atoms in total. The minimum Gasteiger partial charge on any atom is -0.309 e. The SMILES string of the molecule is O=P(c1ccccc1)(c1ccccc1I)c1ccc2ccccc2c1-c1c(P(=O)(c2ccccc2)c2ccccc2I)ccc2ccccc12. The summed E-state index contributed by atoms with van der Waals surface area (Å²) >= 11 is 4.64. The molecule has 50 heavy (non-hydrogen) atoms. The summed E-state index contributed by atoms with van der Waals surface area (Å²) in [5, 5.41) is 8.52. The van der Waals surface area contributed by atoms with Gasteiger partial charge in [-0.05, 0) is 103 Å². The molecule has 0 saturated heterocycles. The van der Waals surface area contributed by atoms with Crippen LogP contribution in [0, 0.1) is 7.14 Å². The van der Waals surface area contributed by atoms with E-state index in [1.54, 1.807) is 0 Å². The van der Waals surface area contributed by atoms with Crippen molar-refractivity contribution in [3.05, 3.63) is 189 Å². The maximum Gasteiger partial charge on any atom is 0.172 e. The molecule has 0 aliphatic rings. The molecule has 0 aromatic heterocycles. The van der Waals surface area contributed by atoms with Gasteiger partial charge in [-0.15, -0.1) is 0 Å². The number of rotatable bonds is 7. The van der Waals surface area contributed by atoms with Gasteiger partial charge in [0.05, 0.1) is 0 Å². The highest BCUT2D eigenvalue weighted by molar-refractivity contribution is 14.1. The molecular weight excluding hydrogens is 876 g/mol. The first-order valence-electron chi connectivity index (χ1n) is 16.3. The van der Waals surface area contributed by atoms with Crippen molar-refractivity contribution in [2.75, 3.05) is 0 Å². The first-order chi connectivity index (χ1) is 24.4. The topological polar surface area (TPSA) is 34.1 Å². The fourth-order valence-electron chi connectivity index (χ4n) is 7.08. The van der Waals surface area contributed by atoms with Gasteiger partial charge in [0, 0.05) is 50.1 Å². The normalized spacial score (nSPS) is 13.9. The first kappa shape index (κ1) is 33.3. The Bertz CT molecular complexity index is 2450. The number of hydrogen-bond donors (Lipinski definition) is 0. The predicted molar refractivity (Wildman–Crippen MR) is 231 cm³/mol. The zero-order chi connectivity index (χ0) is 34.3. The number of fused-ring (bicyclic) bond motifs is 2. The molecular formula is C44H30I2O2P2. The van der Waals surface area contributed by atoms with Crippen molar-refractivity contribution in [1.29, 1.82) is 0 Å². The van der Waals surface area contributed by atoms with Crippen LogP contribution in [0.4, 0.5) is 0 Å². The molecule has 2 atom stereocenters. The predicted octanol–water partition coefficient (Wildman–Crippen LogP) is 10.1. The molecule has 0 aliphatic carbocycles. The van der Waals surface area contributed by atoms with Crippen molar-refractivity contribution in [3.63, 3.8) is 0 Å². The lowest BCUT2D eigenvalue weighted by atomic mass is 9.93. The largest absolute Gasteiger partial charge is 0.309 e. The van der Waals surface area contributed by atoms with E-state index in [0.29, 0.717) is 0 Å². The molecule has 0 radical (unpaired) electrons. The third-order valence-corrected chi connectivity index (χ3v) is 18.4. The van der Waals surface area contributed by atoms with Gasteiger partial charge in [-0.25, -0.2) is 0 Å². The lowest BCUT2D eigenvalue weighted by Gasteiger charge is -2.29.